The van der Waals surface area contributed by atoms with Gasteiger partial charge in [-0.05, 0) is 6.92 Å². The van der Waals surface area contributed by atoms with Crippen molar-refractivity contribution in [3.8, 4) is 11.3 Å². The molecule has 0 N–H and O–H groups in total. The van der Waals surface area contributed by atoms with Gasteiger partial charge in [0.2, 0.25) is 0 Å². The van der Waals surface area contributed by atoms with E-state index in [0.29, 0.717) is 0 Å². The van der Waals surface area contributed by atoms with Gasteiger partial charge in [0, 0.05) is 11.8 Å². The fourth-order valence-electron chi connectivity index (χ4n) is 1.24. The maximum atomic E-state index is 4.07. The normalized spacial score (nSPS) is 10.9. The van der Waals surface area contributed by atoms with Gasteiger partial charge in [-0.1, -0.05) is 41.6 Å². The number of allylic oxidation sites excluding steroid dienone is 1. The van der Waals surface area contributed by atoms with E-state index >= 15 is 0 Å². The molecule has 1 aromatic heterocycles. The van der Waals surface area contributed by atoms with Crippen LogP contribution in [0.25, 0.3) is 17.5 Å². The SMILES string of the molecule is C/C=C/n1cc(-c2ccccc2)nn1. The van der Waals surface area contributed by atoms with Gasteiger partial charge < -0.3 is 0 Å². The number of rotatable bonds is 2. The number of hydrogen-bond acceptors (Lipinski definition) is 2. The van der Waals surface area contributed by atoms with Gasteiger partial charge in [-0.2, -0.15) is 0 Å². The van der Waals surface area contributed by atoms with E-state index in [4.69, 9.17) is 0 Å². The maximum Gasteiger partial charge on any atom is 0.113 e. The molecule has 0 radical (unpaired) electrons. The molecule has 3 heteroatoms. The molecule has 0 aliphatic heterocycles. The van der Waals surface area contributed by atoms with E-state index in [1.165, 1.54) is 0 Å². The molecule has 0 aliphatic rings. The summed E-state index contributed by atoms with van der Waals surface area (Å²) in [6.45, 7) is 1.95. The summed E-state index contributed by atoms with van der Waals surface area (Å²) in [4.78, 5) is 0. The Bertz CT molecular complexity index is 429. The van der Waals surface area contributed by atoms with Gasteiger partial charge in [0.05, 0.1) is 6.20 Å². The van der Waals surface area contributed by atoms with Crippen LogP contribution in [0.5, 0.6) is 0 Å². The first kappa shape index (κ1) is 8.69. The van der Waals surface area contributed by atoms with E-state index in [1.807, 2.05) is 55.7 Å². The van der Waals surface area contributed by atoms with Gasteiger partial charge in [-0.3, -0.25) is 0 Å². The number of hydrogen-bond donors (Lipinski definition) is 0. The van der Waals surface area contributed by atoms with Crippen LogP contribution in [0.15, 0.2) is 42.6 Å². The fraction of sp³-hybridized carbons (Fsp3) is 0.0909. The lowest BCUT2D eigenvalue weighted by Gasteiger charge is -1.91. The van der Waals surface area contributed by atoms with Crippen molar-refractivity contribution in [1.82, 2.24) is 15.0 Å². The van der Waals surface area contributed by atoms with Gasteiger partial charge in [0.1, 0.15) is 5.69 Å². The minimum Gasteiger partial charge on any atom is -0.228 e. The van der Waals surface area contributed by atoms with Crippen molar-refractivity contribution in [2.24, 2.45) is 0 Å². The molecule has 1 heterocycles. The molecule has 0 atom stereocenters. The first-order chi connectivity index (χ1) is 6.90. The molecule has 2 rings (SSSR count). The van der Waals surface area contributed by atoms with Crippen LogP contribution in [-0.2, 0) is 0 Å². The second-order valence-electron chi connectivity index (χ2n) is 2.93. The largest absolute Gasteiger partial charge is 0.228 e. The first-order valence-electron chi connectivity index (χ1n) is 4.50. The Hall–Kier alpha value is -1.90. The summed E-state index contributed by atoms with van der Waals surface area (Å²) in [5.41, 5.74) is 1.98. The van der Waals surface area contributed by atoms with Gasteiger partial charge in [0.15, 0.2) is 0 Å². The zero-order valence-corrected chi connectivity index (χ0v) is 7.96. The Labute approximate surface area is 82.7 Å². The Balaban J connectivity index is 2.34. The third kappa shape index (κ3) is 1.71. The highest BCUT2D eigenvalue weighted by atomic mass is 15.4. The topological polar surface area (TPSA) is 30.7 Å². The van der Waals surface area contributed by atoms with Crippen LogP contribution in [0.3, 0.4) is 0 Å². The molecule has 0 saturated heterocycles. The molecule has 0 bridgehead atoms. The fourth-order valence-corrected chi connectivity index (χ4v) is 1.24. The average Bonchev–Trinajstić information content (AvgIpc) is 2.68. The van der Waals surface area contributed by atoms with Crippen molar-refractivity contribution in [3.05, 3.63) is 42.6 Å². The zero-order chi connectivity index (χ0) is 9.80. The molecule has 14 heavy (non-hydrogen) atoms. The minimum atomic E-state index is 0.892. The highest BCUT2D eigenvalue weighted by Gasteiger charge is 2.00. The van der Waals surface area contributed by atoms with Crippen LogP contribution in [0.2, 0.25) is 0 Å². The van der Waals surface area contributed by atoms with Crippen molar-refractivity contribution in [2.75, 3.05) is 0 Å². The van der Waals surface area contributed by atoms with Gasteiger partial charge in [-0.15, -0.1) is 5.10 Å². The number of benzene rings is 1. The lowest BCUT2D eigenvalue weighted by atomic mass is 10.2. The Morgan fingerprint density at radius 1 is 1.21 bits per heavy atom. The van der Waals surface area contributed by atoms with Crippen molar-refractivity contribution >= 4 is 6.20 Å². The van der Waals surface area contributed by atoms with Gasteiger partial charge in [0.25, 0.3) is 0 Å². The predicted octanol–water partition coefficient (Wildman–Crippen LogP) is 2.44. The van der Waals surface area contributed by atoms with E-state index in [-0.39, 0.29) is 0 Å². The van der Waals surface area contributed by atoms with Gasteiger partial charge >= 0.3 is 0 Å². The lowest BCUT2D eigenvalue weighted by molar-refractivity contribution is 0.841. The molecule has 1 aromatic carbocycles. The summed E-state index contributed by atoms with van der Waals surface area (Å²) in [5.74, 6) is 0. The predicted molar refractivity (Wildman–Crippen MR) is 56.5 cm³/mol. The zero-order valence-electron chi connectivity index (χ0n) is 7.96. The smallest absolute Gasteiger partial charge is 0.113 e. The van der Waals surface area contributed by atoms with Crippen LogP contribution in [0, 0.1) is 0 Å². The number of aromatic nitrogens is 3. The van der Waals surface area contributed by atoms with E-state index in [2.05, 4.69) is 10.3 Å². The molecular formula is C11H11N3. The lowest BCUT2D eigenvalue weighted by Crippen LogP contribution is -1.84. The average molecular weight is 185 g/mol. The minimum absolute atomic E-state index is 0.892. The quantitative estimate of drug-likeness (QED) is 0.719. The number of nitrogens with zero attached hydrogens (tertiary/aromatic N) is 3. The summed E-state index contributed by atoms with van der Waals surface area (Å²) in [6, 6.07) is 10.0. The molecule has 0 aliphatic carbocycles. The third-order valence-corrected chi connectivity index (χ3v) is 1.88. The molecule has 3 nitrogen and oxygen atoms in total. The Morgan fingerprint density at radius 3 is 2.71 bits per heavy atom. The molecule has 0 fully saturated rings. The first-order valence-corrected chi connectivity index (χ1v) is 4.50. The van der Waals surface area contributed by atoms with Crippen molar-refractivity contribution in [1.29, 1.82) is 0 Å². The molecule has 0 amide bonds. The summed E-state index contributed by atoms with van der Waals surface area (Å²) < 4.78 is 1.70. The van der Waals surface area contributed by atoms with Crippen LogP contribution >= 0.6 is 0 Å². The second-order valence-corrected chi connectivity index (χ2v) is 2.93. The van der Waals surface area contributed by atoms with Crippen molar-refractivity contribution in [2.45, 2.75) is 6.92 Å². The summed E-state index contributed by atoms with van der Waals surface area (Å²) >= 11 is 0. The van der Waals surface area contributed by atoms with Crippen LogP contribution in [0.4, 0.5) is 0 Å². The molecule has 0 unspecified atom stereocenters. The van der Waals surface area contributed by atoms with Crippen LogP contribution in [-0.4, -0.2) is 15.0 Å². The molecule has 2 aromatic rings. The summed E-state index contributed by atoms with van der Waals surface area (Å²) in [7, 11) is 0. The molecule has 70 valence electrons. The Morgan fingerprint density at radius 2 is 2.00 bits per heavy atom. The van der Waals surface area contributed by atoms with Crippen molar-refractivity contribution in [3.63, 3.8) is 0 Å². The van der Waals surface area contributed by atoms with Crippen molar-refractivity contribution < 1.29 is 0 Å². The van der Waals surface area contributed by atoms with Crippen LogP contribution < -0.4 is 0 Å². The Kier molecular flexibility index (Phi) is 2.40. The van der Waals surface area contributed by atoms with E-state index < -0.39 is 0 Å². The van der Waals surface area contributed by atoms with E-state index in [9.17, 15) is 0 Å². The van der Waals surface area contributed by atoms with Crippen LogP contribution in [0.1, 0.15) is 6.92 Å². The summed E-state index contributed by atoms with van der Waals surface area (Å²) in [6.07, 6.45) is 5.68. The standard InChI is InChI=1S/C11H11N3/c1-2-8-14-9-11(12-13-14)10-6-4-3-5-7-10/h2-9H,1H3/b8-2+. The highest BCUT2D eigenvalue weighted by molar-refractivity contribution is 5.57. The molecule has 0 spiro atoms. The third-order valence-electron chi connectivity index (χ3n) is 1.88. The maximum absolute atomic E-state index is 4.07. The highest BCUT2D eigenvalue weighted by Crippen LogP contribution is 2.14. The molecular weight excluding hydrogens is 174 g/mol. The van der Waals surface area contributed by atoms with E-state index in [0.717, 1.165) is 11.3 Å². The summed E-state index contributed by atoms with van der Waals surface area (Å²) in [5, 5.41) is 8.03. The van der Waals surface area contributed by atoms with Gasteiger partial charge in [-0.25, -0.2) is 4.68 Å². The second kappa shape index (κ2) is 3.87. The monoisotopic (exact) mass is 185 g/mol. The van der Waals surface area contributed by atoms with E-state index in [1.54, 1.807) is 4.68 Å². The molecule has 0 saturated carbocycles.